The molecule has 166 valence electrons. The van der Waals surface area contributed by atoms with Crippen LogP contribution in [0.25, 0.3) is 11.3 Å². The first-order valence-corrected chi connectivity index (χ1v) is 11.4. The van der Waals surface area contributed by atoms with Crippen LogP contribution in [0.4, 0.5) is 0 Å². The Morgan fingerprint density at radius 1 is 1.03 bits per heavy atom. The van der Waals surface area contributed by atoms with E-state index in [1.54, 1.807) is 0 Å². The Hall–Kier alpha value is -2.96. The number of likely N-dealkylation sites (tertiary alicyclic amines) is 2. The van der Waals surface area contributed by atoms with E-state index in [2.05, 4.69) is 22.2 Å². The Kier molecular flexibility index (Phi) is 5.81. The molecule has 0 saturated carbocycles. The van der Waals surface area contributed by atoms with Crippen LogP contribution in [0.5, 0.6) is 0 Å². The van der Waals surface area contributed by atoms with E-state index in [1.807, 2.05) is 60.4 Å². The van der Waals surface area contributed by atoms with Crippen LogP contribution in [0.3, 0.4) is 0 Å². The standard InChI is InChI=1S/C26H30N4O2/c1-18-24(25(28-32-18)20-10-6-3-7-11-20)26(31)30-16-21-14-29(15-22(21)17-30)13-12-23(27)19-8-4-2-5-9-19/h2-11,21-23H,12-17,27H2,1H3/t21?,22?,23-/m0/s1. The quantitative estimate of drug-likeness (QED) is 0.645. The van der Waals surface area contributed by atoms with E-state index in [4.69, 9.17) is 10.3 Å². The highest BCUT2D eigenvalue weighted by Crippen LogP contribution is 2.34. The van der Waals surface area contributed by atoms with Gasteiger partial charge in [-0.2, -0.15) is 0 Å². The minimum absolute atomic E-state index is 0.0367. The summed E-state index contributed by atoms with van der Waals surface area (Å²) in [6, 6.07) is 20.2. The molecule has 3 aromatic rings. The Labute approximate surface area is 189 Å². The molecule has 32 heavy (non-hydrogen) atoms. The maximum Gasteiger partial charge on any atom is 0.259 e. The van der Waals surface area contributed by atoms with Crippen molar-refractivity contribution in [2.24, 2.45) is 17.6 Å². The lowest BCUT2D eigenvalue weighted by molar-refractivity contribution is 0.0773. The zero-order chi connectivity index (χ0) is 22.1. The second-order valence-corrected chi connectivity index (χ2v) is 9.12. The van der Waals surface area contributed by atoms with Crippen LogP contribution in [-0.4, -0.2) is 53.6 Å². The summed E-state index contributed by atoms with van der Waals surface area (Å²) in [6.45, 7) is 6.47. The lowest BCUT2D eigenvalue weighted by Crippen LogP contribution is -2.34. The molecule has 0 aliphatic carbocycles. The van der Waals surface area contributed by atoms with Crippen molar-refractivity contribution < 1.29 is 9.32 Å². The van der Waals surface area contributed by atoms with E-state index in [0.29, 0.717) is 28.9 Å². The predicted octanol–water partition coefficient (Wildman–Crippen LogP) is 3.74. The first-order chi connectivity index (χ1) is 15.6. The number of aromatic nitrogens is 1. The second kappa shape index (κ2) is 8.88. The van der Waals surface area contributed by atoms with E-state index in [9.17, 15) is 4.79 Å². The highest BCUT2D eigenvalue weighted by Gasteiger charge is 2.42. The molecule has 2 aliphatic rings. The van der Waals surface area contributed by atoms with Crippen molar-refractivity contribution in [2.75, 3.05) is 32.7 Å². The molecule has 3 heterocycles. The van der Waals surface area contributed by atoms with Gasteiger partial charge in [-0.25, -0.2) is 0 Å². The van der Waals surface area contributed by atoms with E-state index in [1.165, 1.54) is 5.56 Å². The Morgan fingerprint density at radius 2 is 1.66 bits per heavy atom. The van der Waals surface area contributed by atoms with Crippen LogP contribution in [0, 0.1) is 18.8 Å². The number of hydrogen-bond donors (Lipinski definition) is 1. The van der Waals surface area contributed by atoms with E-state index in [-0.39, 0.29) is 11.9 Å². The molecule has 2 aromatic carbocycles. The van der Waals surface area contributed by atoms with Crippen molar-refractivity contribution in [3.8, 4) is 11.3 Å². The SMILES string of the molecule is Cc1onc(-c2ccccc2)c1C(=O)N1CC2CN(CC[C@H](N)c3ccccc3)CC2C1. The Morgan fingerprint density at radius 3 is 2.31 bits per heavy atom. The molecule has 0 bridgehead atoms. The first-order valence-electron chi connectivity index (χ1n) is 11.4. The molecule has 1 aromatic heterocycles. The molecule has 3 atom stereocenters. The smallest absolute Gasteiger partial charge is 0.259 e. The molecule has 6 heteroatoms. The first kappa shape index (κ1) is 20.9. The minimum Gasteiger partial charge on any atom is -0.360 e. The molecule has 2 aliphatic heterocycles. The van der Waals surface area contributed by atoms with Crippen LogP contribution >= 0.6 is 0 Å². The van der Waals surface area contributed by atoms with Crippen LogP contribution in [-0.2, 0) is 0 Å². The summed E-state index contributed by atoms with van der Waals surface area (Å²) in [4.78, 5) is 17.9. The zero-order valence-corrected chi connectivity index (χ0v) is 18.5. The zero-order valence-electron chi connectivity index (χ0n) is 18.5. The van der Waals surface area contributed by atoms with Crippen molar-refractivity contribution in [1.29, 1.82) is 0 Å². The molecule has 2 N–H and O–H groups in total. The number of carbonyl (C=O) groups excluding carboxylic acids is 1. The maximum absolute atomic E-state index is 13.4. The molecule has 2 fully saturated rings. The van der Waals surface area contributed by atoms with Crippen molar-refractivity contribution in [3.05, 3.63) is 77.6 Å². The number of nitrogens with zero attached hydrogens (tertiary/aromatic N) is 3. The summed E-state index contributed by atoms with van der Waals surface area (Å²) < 4.78 is 5.42. The summed E-state index contributed by atoms with van der Waals surface area (Å²) in [6.07, 6.45) is 0.951. The van der Waals surface area contributed by atoms with Gasteiger partial charge in [-0.1, -0.05) is 65.8 Å². The number of hydrogen-bond acceptors (Lipinski definition) is 5. The Bertz CT molecular complexity index is 1050. The van der Waals surface area contributed by atoms with Gasteiger partial charge in [-0.15, -0.1) is 0 Å². The van der Waals surface area contributed by atoms with E-state index in [0.717, 1.165) is 44.7 Å². The molecule has 5 rings (SSSR count). The lowest BCUT2D eigenvalue weighted by Gasteiger charge is -2.23. The average Bonchev–Trinajstić information content (AvgIpc) is 3.51. The normalized spacial score (nSPS) is 21.6. The third kappa shape index (κ3) is 4.08. The molecular weight excluding hydrogens is 400 g/mol. The van der Waals surface area contributed by atoms with Crippen molar-refractivity contribution in [1.82, 2.24) is 15.0 Å². The van der Waals surface area contributed by atoms with Gasteiger partial charge in [0.05, 0.1) is 0 Å². The van der Waals surface area contributed by atoms with Crippen LogP contribution in [0.1, 0.15) is 34.1 Å². The number of carbonyl (C=O) groups is 1. The number of amides is 1. The molecule has 1 amide bonds. The minimum atomic E-state index is 0.0367. The topological polar surface area (TPSA) is 75.6 Å². The van der Waals surface area contributed by atoms with Gasteiger partial charge in [0.25, 0.3) is 5.91 Å². The van der Waals surface area contributed by atoms with Crippen LogP contribution in [0.2, 0.25) is 0 Å². The fourth-order valence-electron chi connectivity index (χ4n) is 5.20. The van der Waals surface area contributed by atoms with Gasteiger partial charge in [0.1, 0.15) is 17.0 Å². The highest BCUT2D eigenvalue weighted by molar-refractivity contribution is 6.01. The van der Waals surface area contributed by atoms with Crippen molar-refractivity contribution >= 4 is 5.91 Å². The second-order valence-electron chi connectivity index (χ2n) is 9.12. The third-order valence-corrected chi connectivity index (χ3v) is 6.96. The molecule has 2 unspecified atom stereocenters. The van der Waals surface area contributed by atoms with Gasteiger partial charge in [0.15, 0.2) is 0 Å². The third-order valence-electron chi connectivity index (χ3n) is 6.96. The maximum atomic E-state index is 13.4. The van der Waals surface area contributed by atoms with Crippen LogP contribution in [0.15, 0.2) is 65.2 Å². The summed E-state index contributed by atoms with van der Waals surface area (Å²) in [5.41, 5.74) is 9.73. The largest absolute Gasteiger partial charge is 0.360 e. The van der Waals surface area contributed by atoms with Crippen LogP contribution < -0.4 is 5.73 Å². The summed E-state index contributed by atoms with van der Waals surface area (Å²) in [7, 11) is 0. The van der Waals surface area contributed by atoms with Gasteiger partial charge < -0.3 is 20.1 Å². The van der Waals surface area contributed by atoms with Crippen molar-refractivity contribution in [3.63, 3.8) is 0 Å². The number of rotatable bonds is 6. The molecular formula is C26H30N4O2. The van der Waals surface area contributed by atoms with E-state index >= 15 is 0 Å². The molecule has 0 radical (unpaired) electrons. The van der Waals surface area contributed by atoms with Gasteiger partial charge in [0.2, 0.25) is 0 Å². The highest BCUT2D eigenvalue weighted by atomic mass is 16.5. The number of benzene rings is 2. The summed E-state index contributed by atoms with van der Waals surface area (Å²) in [5, 5.41) is 4.19. The number of fused-ring (bicyclic) bond motifs is 1. The molecule has 0 spiro atoms. The molecule has 6 nitrogen and oxygen atoms in total. The predicted molar refractivity (Wildman–Crippen MR) is 124 cm³/mol. The number of aryl methyl sites for hydroxylation is 1. The van der Waals surface area contributed by atoms with Gasteiger partial charge in [-0.05, 0) is 37.3 Å². The monoisotopic (exact) mass is 430 g/mol. The van der Waals surface area contributed by atoms with Gasteiger partial charge in [0, 0.05) is 37.8 Å². The Balaban J connectivity index is 1.19. The summed E-state index contributed by atoms with van der Waals surface area (Å²) >= 11 is 0. The fraction of sp³-hybridized carbons (Fsp3) is 0.385. The summed E-state index contributed by atoms with van der Waals surface area (Å²) in [5.74, 6) is 1.66. The fourth-order valence-corrected chi connectivity index (χ4v) is 5.20. The average molecular weight is 431 g/mol. The number of nitrogens with two attached hydrogens (primary N) is 1. The lowest BCUT2D eigenvalue weighted by atomic mass is 10.0. The van der Waals surface area contributed by atoms with Gasteiger partial charge >= 0.3 is 0 Å². The van der Waals surface area contributed by atoms with Crippen molar-refractivity contribution in [2.45, 2.75) is 19.4 Å². The molecule has 2 saturated heterocycles. The van der Waals surface area contributed by atoms with Gasteiger partial charge in [-0.3, -0.25) is 4.79 Å². The van der Waals surface area contributed by atoms with E-state index < -0.39 is 0 Å².